The number of pyridine rings is 1. The standard InChI is InChI=1S/C16H16ClNO8S/c17-14-10(7-4-8-18-14)25-13-11(19)15(24-9-5-2-1-3-6-9)26-16(12(13)20)27(21,22)23/h1-8,11-13,15-16,19-20H,(H,21,22,23)/t11-,12+,13-,15-,16?/m1/s1. The molecule has 0 radical (unpaired) electrons. The van der Waals surface area contributed by atoms with Crippen LogP contribution in [0.15, 0.2) is 48.7 Å². The molecule has 1 aromatic carbocycles. The Morgan fingerprint density at radius 3 is 2.37 bits per heavy atom. The third-order valence-electron chi connectivity index (χ3n) is 3.78. The van der Waals surface area contributed by atoms with Gasteiger partial charge in [0.05, 0.1) is 0 Å². The highest BCUT2D eigenvalue weighted by Crippen LogP contribution is 2.31. The van der Waals surface area contributed by atoms with E-state index >= 15 is 0 Å². The van der Waals surface area contributed by atoms with Gasteiger partial charge >= 0.3 is 0 Å². The van der Waals surface area contributed by atoms with Crippen molar-refractivity contribution < 1.29 is 37.4 Å². The Balaban J connectivity index is 1.90. The van der Waals surface area contributed by atoms with Crippen LogP contribution >= 0.6 is 11.6 Å². The molecule has 0 bridgehead atoms. The summed E-state index contributed by atoms with van der Waals surface area (Å²) in [6, 6.07) is 11.1. The smallest absolute Gasteiger partial charge is 0.295 e. The lowest BCUT2D eigenvalue weighted by molar-refractivity contribution is -0.248. The van der Waals surface area contributed by atoms with Gasteiger partial charge in [0, 0.05) is 6.20 Å². The van der Waals surface area contributed by atoms with Gasteiger partial charge in [-0.3, -0.25) is 4.55 Å². The average molecular weight is 418 g/mol. The number of rotatable bonds is 5. The molecule has 5 atom stereocenters. The number of aromatic nitrogens is 1. The van der Waals surface area contributed by atoms with Gasteiger partial charge in [0.1, 0.15) is 11.9 Å². The molecule has 146 valence electrons. The van der Waals surface area contributed by atoms with Crippen LogP contribution in [0.3, 0.4) is 0 Å². The van der Waals surface area contributed by atoms with Crippen LogP contribution in [-0.2, 0) is 14.9 Å². The normalized spacial score (nSPS) is 28.5. The third-order valence-corrected chi connectivity index (χ3v) is 5.04. The molecule has 3 N–H and O–H groups in total. The lowest BCUT2D eigenvalue weighted by Gasteiger charge is -2.40. The molecule has 1 aliphatic rings. The average Bonchev–Trinajstić information content (AvgIpc) is 2.62. The van der Waals surface area contributed by atoms with Crippen molar-refractivity contribution in [1.29, 1.82) is 0 Å². The summed E-state index contributed by atoms with van der Waals surface area (Å²) in [7, 11) is -4.85. The minimum absolute atomic E-state index is 0.00304. The molecule has 1 fully saturated rings. The second-order valence-corrected chi connectivity index (χ2v) is 7.53. The number of nitrogens with zero attached hydrogens (tertiary/aromatic N) is 1. The summed E-state index contributed by atoms with van der Waals surface area (Å²) >= 11 is 5.90. The molecular formula is C16H16ClNO8S. The molecule has 3 rings (SSSR count). The third kappa shape index (κ3) is 4.49. The van der Waals surface area contributed by atoms with Crippen LogP contribution in [0.2, 0.25) is 5.15 Å². The first kappa shape index (κ1) is 19.8. The summed E-state index contributed by atoms with van der Waals surface area (Å²) in [5, 5.41) is 20.8. The number of para-hydroxylation sites is 1. The highest BCUT2D eigenvalue weighted by Gasteiger charge is 2.52. The Labute approximate surface area is 159 Å². The van der Waals surface area contributed by atoms with Gasteiger partial charge in [-0.05, 0) is 24.3 Å². The molecule has 27 heavy (non-hydrogen) atoms. The minimum Gasteiger partial charge on any atom is -0.481 e. The van der Waals surface area contributed by atoms with Crippen molar-refractivity contribution in [2.24, 2.45) is 0 Å². The molecule has 0 saturated carbocycles. The van der Waals surface area contributed by atoms with E-state index in [9.17, 15) is 23.2 Å². The highest BCUT2D eigenvalue weighted by molar-refractivity contribution is 7.86. The van der Waals surface area contributed by atoms with E-state index in [0.717, 1.165) is 0 Å². The Morgan fingerprint density at radius 2 is 1.74 bits per heavy atom. The SMILES string of the molecule is O=S(=O)(O)C1O[C@@H](Oc2ccccc2)[C@H](O)[C@@H](Oc2cccnc2Cl)[C@@H]1O. The largest absolute Gasteiger partial charge is 0.481 e. The molecule has 2 heterocycles. The molecule has 9 nitrogen and oxygen atoms in total. The lowest BCUT2D eigenvalue weighted by atomic mass is 10.0. The van der Waals surface area contributed by atoms with Crippen molar-refractivity contribution in [3.8, 4) is 11.5 Å². The Kier molecular flexibility index (Phi) is 5.84. The molecule has 1 aromatic heterocycles. The summed E-state index contributed by atoms with van der Waals surface area (Å²) < 4.78 is 48.6. The Morgan fingerprint density at radius 1 is 1.04 bits per heavy atom. The van der Waals surface area contributed by atoms with Crippen molar-refractivity contribution in [2.75, 3.05) is 0 Å². The fourth-order valence-electron chi connectivity index (χ4n) is 2.53. The zero-order valence-electron chi connectivity index (χ0n) is 13.6. The first-order chi connectivity index (χ1) is 12.8. The van der Waals surface area contributed by atoms with Gasteiger partial charge in [0.2, 0.25) is 11.7 Å². The number of aliphatic hydroxyl groups is 2. The van der Waals surface area contributed by atoms with Crippen LogP contribution < -0.4 is 9.47 Å². The fraction of sp³-hybridized carbons (Fsp3) is 0.312. The van der Waals surface area contributed by atoms with Crippen LogP contribution in [0.4, 0.5) is 0 Å². The van der Waals surface area contributed by atoms with E-state index in [1.165, 1.54) is 18.3 Å². The van der Waals surface area contributed by atoms with E-state index in [-0.39, 0.29) is 16.7 Å². The number of ether oxygens (including phenoxy) is 3. The van der Waals surface area contributed by atoms with Crippen LogP contribution in [0, 0.1) is 0 Å². The Bertz CT molecular complexity index is 881. The molecule has 1 saturated heterocycles. The summed E-state index contributed by atoms with van der Waals surface area (Å²) in [4.78, 5) is 3.80. The van der Waals surface area contributed by atoms with Crippen molar-refractivity contribution in [1.82, 2.24) is 4.98 Å². The van der Waals surface area contributed by atoms with Gasteiger partial charge in [-0.1, -0.05) is 29.8 Å². The zero-order valence-corrected chi connectivity index (χ0v) is 15.2. The first-order valence-electron chi connectivity index (χ1n) is 7.74. The van der Waals surface area contributed by atoms with Gasteiger partial charge in [-0.2, -0.15) is 8.42 Å². The summed E-state index contributed by atoms with van der Waals surface area (Å²) in [6.45, 7) is 0. The molecule has 0 spiro atoms. The number of aliphatic hydroxyl groups excluding tert-OH is 2. The van der Waals surface area contributed by atoms with Crippen LogP contribution in [0.25, 0.3) is 0 Å². The van der Waals surface area contributed by atoms with Crippen molar-refractivity contribution in [2.45, 2.75) is 30.0 Å². The van der Waals surface area contributed by atoms with Crippen molar-refractivity contribution in [3.63, 3.8) is 0 Å². The maximum Gasteiger partial charge on any atom is 0.295 e. The van der Waals surface area contributed by atoms with E-state index < -0.39 is 40.2 Å². The molecule has 2 aromatic rings. The van der Waals surface area contributed by atoms with Crippen molar-refractivity contribution >= 4 is 21.7 Å². The van der Waals surface area contributed by atoms with Gasteiger partial charge in [0.15, 0.2) is 23.1 Å². The molecule has 0 aliphatic carbocycles. The van der Waals surface area contributed by atoms with E-state index in [4.69, 9.17) is 25.8 Å². The number of hydrogen-bond donors (Lipinski definition) is 3. The minimum atomic E-state index is -4.85. The molecule has 1 aliphatic heterocycles. The predicted octanol–water partition coefficient (Wildman–Crippen LogP) is 0.853. The predicted molar refractivity (Wildman–Crippen MR) is 93.0 cm³/mol. The number of hydrogen-bond acceptors (Lipinski definition) is 8. The molecular weight excluding hydrogens is 402 g/mol. The summed E-state index contributed by atoms with van der Waals surface area (Å²) in [5.41, 5.74) is -2.10. The quantitative estimate of drug-likeness (QED) is 0.477. The van der Waals surface area contributed by atoms with Gasteiger partial charge in [-0.15, -0.1) is 0 Å². The van der Waals surface area contributed by atoms with Crippen LogP contribution in [0.1, 0.15) is 0 Å². The maximum atomic E-state index is 11.6. The maximum absolute atomic E-state index is 11.6. The van der Waals surface area contributed by atoms with E-state index in [0.29, 0.717) is 0 Å². The van der Waals surface area contributed by atoms with E-state index in [1.54, 1.807) is 30.3 Å². The first-order valence-corrected chi connectivity index (χ1v) is 9.62. The van der Waals surface area contributed by atoms with E-state index in [2.05, 4.69) is 4.98 Å². The van der Waals surface area contributed by atoms with Crippen LogP contribution in [-0.4, -0.2) is 58.2 Å². The second kappa shape index (κ2) is 7.97. The lowest BCUT2D eigenvalue weighted by Crippen LogP contribution is -2.62. The molecule has 0 amide bonds. The van der Waals surface area contributed by atoms with Crippen LogP contribution in [0.5, 0.6) is 11.5 Å². The molecule has 11 heteroatoms. The number of halogens is 1. The van der Waals surface area contributed by atoms with Crippen molar-refractivity contribution in [3.05, 3.63) is 53.8 Å². The highest BCUT2D eigenvalue weighted by atomic mass is 35.5. The second-order valence-electron chi connectivity index (χ2n) is 5.67. The zero-order chi connectivity index (χ0) is 19.6. The topological polar surface area (TPSA) is 135 Å². The Hall–Kier alpha value is -1.95. The molecule has 1 unspecified atom stereocenters. The van der Waals surface area contributed by atoms with Gasteiger partial charge < -0.3 is 24.4 Å². The summed E-state index contributed by atoms with van der Waals surface area (Å²) in [6.07, 6.45) is -5.24. The number of benzene rings is 1. The van der Waals surface area contributed by atoms with E-state index in [1.807, 2.05) is 0 Å². The van der Waals surface area contributed by atoms with Gasteiger partial charge in [0.25, 0.3) is 10.1 Å². The summed E-state index contributed by atoms with van der Waals surface area (Å²) in [5.74, 6) is 0.266. The fourth-order valence-corrected chi connectivity index (χ4v) is 3.45. The monoisotopic (exact) mass is 417 g/mol. The van der Waals surface area contributed by atoms with Gasteiger partial charge in [-0.25, -0.2) is 4.98 Å².